The quantitative estimate of drug-likeness (QED) is 0.432. The molecule has 0 spiro atoms. The number of rotatable bonds is 10. The number of carboxylic acid groups (broad SMARTS) is 1. The number of carboxylic acids is 1. The normalized spacial score (nSPS) is 23.9. The van der Waals surface area contributed by atoms with Gasteiger partial charge in [0.05, 0.1) is 11.7 Å². The number of hydrogen-bond donors (Lipinski definition) is 2. The van der Waals surface area contributed by atoms with Crippen LogP contribution in [0.25, 0.3) is 0 Å². The van der Waals surface area contributed by atoms with Crippen molar-refractivity contribution in [1.29, 1.82) is 0 Å². The van der Waals surface area contributed by atoms with E-state index in [1.165, 1.54) is 12.0 Å². The largest absolute Gasteiger partial charge is 0.480 e. The lowest BCUT2D eigenvalue weighted by Gasteiger charge is -2.36. The number of nitrogens with one attached hydrogen (secondary N) is 1. The fourth-order valence-corrected chi connectivity index (χ4v) is 6.24. The Bertz CT molecular complexity index is 1110. The molecule has 2 N–H and O–H groups in total. The van der Waals surface area contributed by atoms with Gasteiger partial charge >= 0.3 is 5.97 Å². The molecular formula is C30H42N4O4. The Morgan fingerprint density at radius 1 is 1.29 bits per heavy atom. The van der Waals surface area contributed by atoms with Gasteiger partial charge in [-0.05, 0) is 82.9 Å². The fraction of sp³-hybridized carbons (Fsp3) is 0.633. The molecule has 0 aliphatic carbocycles. The maximum atomic E-state index is 12.5. The molecular weight excluding hydrogens is 480 g/mol. The van der Waals surface area contributed by atoms with Crippen LogP contribution in [-0.4, -0.2) is 70.5 Å². The van der Waals surface area contributed by atoms with Crippen molar-refractivity contribution in [2.45, 2.75) is 88.9 Å². The number of nitrogens with zero attached hydrogens (tertiary/aromatic N) is 3. The first-order chi connectivity index (χ1) is 18.4. The zero-order chi connectivity index (χ0) is 26.5. The number of carbonyl (C=O) groups is 1. The second-order valence-electron chi connectivity index (χ2n) is 11.6. The van der Waals surface area contributed by atoms with E-state index in [0.717, 1.165) is 74.3 Å². The minimum absolute atomic E-state index is 0.0602. The molecule has 3 aliphatic heterocycles. The van der Waals surface area contributed by atoms with E-state index in [0.29, 0.717) is 26.3 Å². The minimum Gasteiger partial charge on any atom is -0.480 e. The third kappa shape index (κ3) is 6.53. The van der Waals surface area contributed by atoms with Crippen LogP contribution >= 0.6 is 0 Å². The highest BCUT2D eigenvalue weighted by atomic mass is 16.5. The molecule has 3 unspecified atom stereocenters. The van der Waals surface area contributed by atoms with Gasteiger partial charge in [0.15, 0.2) is 0 Å². The smallest absolute Gasteiger partial charge is 0.325 e. The van der Waals surface area contributed by atoms with Crippen LogP contribution in [0.1, 0.15) is 86.8 Å². The highest BCUT2D eigenvalue weighted by Gasteiger charge is 2.38. The van der Waals surface area contributed by atoms with Crippen LogP contribution in [0.4, 0.5) is 5.82 Å². The van der Waals surface area contributed by atoms with Crippen LogP contribution in [0.3, 0.4) is 0 Å². The molecule has 0 radical (unpaired) electrons. The molecule has 0 amide bonds. The number of ether oxygens (including phenoxy) is 2. The lowest BCUT2D eigenvalue weighted by molar-refractivity contribution is -0.143. The SMILES string of the molecule is CC1(C)CC(c2ncccc2C(C(=O)O)N2CCC(OCCCCc3ccc4c(n3)NCCC4)C2)CCO1. The van der Waals surface area contributed by atoms with Gasteiger partial charge in [-0.15, -0.1) is 0 Å². The molecule has 0 saturated carbocycles. The Morgan fingerprint density at radius 2 is 2.18 bits per heavy atom. The first-order valence-corrected chi connectivity index (χ1v) is 14.3. The average molecular weight is 523 g/mol. The van der Waals surface area contributed by atoms with Crippen molar-refractivity contribution in [1.82, 2.24) is 14.9 Å². The molecule has 0 aromatic carbocycles. The van der Waals surface area contributed by atoms with Crippen LogP contribution in [0, 0.1) is 0 Å². The summed E-state index contributed by atoms with van der Waals surface area (Å²) in [5, 5.41) is 13.7. The summed E-state index contributed by atoms with van der Waals surface area (Å²) in [6, 6.07) is 7.46. The monoisotopic (exact) mass is 522 g/mol. The molecule has 206 valence electrons. The van der Waals surface area contributed by atoms with E-state index >= 15 is 0 Å². The van der Waals surface area contributed by atoms with Crippen molar-refractivity contribution in [3.05, 3.63) is 53.0 Å². The molecule has 8 nitrogen and oxygen atoms in total. The van der Waals surface area contributed by atoms with E-state index in [2.05, 4.69) is 36.2 Å². The van der Waals surface area contributed by atoms with Gasteiger partial charge in [0, 0.05) is 61.9 Å². The summed E-state index contributed by atoms with van der Waals surface area (Å²) in [5.41, 5.74) is 3.95. The van der Waals surface area contributed by atoms with Gasteiger partial charge in [-0.1, -0.05) is 12.1 Å². The second-order valence-corrected chi connectivity index (χ2v) is 11.6. The van der Waals surface area contributed by atoms with Crippen LogP contribution in [0.5, 0.6) is 0 Å². The second kappa shape index (κ2) is 12.1. The highest BCUT2D eigenvalue weighted by molar-refractivity contribution is 5.76. The number of pyridine rings is 2. The standard InChI is InChI=1S/C30H42N4O4/c1-30(2)19-22(13-18-38-30)26-25(9-6-14-31-26)27(29(35)36)34-16-12-24(20-34)37-17-4-3-8-23-11-10-21-7-5-15-32-28(21)33-23/h6,9-11,14,22,24,27H,3-5,7-8,12-13,15-20H2,1-2H3,(H,32,33)(H,35,36). The average Bonchev–Trinajstić information content (AvgIpc) is 3.36. The van der Waals surface area contributed by atoms with E-state index in [1.807, 2.05) is 12.1 Å². The van der Waals surface area contributed by atoms with E-state index in [1.54, 1.807) is 6.20 Å². The summed E-state index contributed by atoms with van der Waals surface area (Å²) < 4.78 is 12.1. The van der Waals surface area contributed by atoms with Crippen molar-refractivity contribution >= 4 is 11.8 Å². The van der Waals surface area contributed by atoms with Crippen LogP contribution in [-0.2, 0) is 27.1 Å². The highest BCUT2D eigenvalue weighted by Crippen LogP contribution is 2.39. The topological polar surface area (TPSA) is 96.8 Å². The Morgan fingerprint density at radius 3 is 3.03 bits per heavy atom. The van der Waals surface area contributed by atoms with Crippen molar-refractivity contribution in [2.24, 2.45) is 0 Å². The fourth-order valence-electron chi connectivity index (χ4n) is 6.24. The number of unbranched alkanes of at least 4 members (excludes halogenated alkanes) is 1. The maximum Gasteiger partial charge on any atom is 0.325 e. The molecule has 2 fully saturated rings. The molecule has 5 heterocycles. The Balaban J connectivity index is 1.13. The number of aromatic nitrogens is 2. The van der Waals surface area contributed by atoms with Crippen molar-refractivity contribution in [3.63, 3.8) is 0 Å². The molecule has 5 rings (SSSR count). The summed E-state index contributed by atoms with van der Waals surface area (Å²) >= 11 is 0. The van der Waals surface area contributed by atoms with Crippen LogP contribution < -0.4 is 5.32 Å². The predicted molar refractivity (Wildman–Crippen MR) is 147 cm³/mol. The zero-order valence-electron chi connectivity index (χ0n) is 22.8. The molecule has 3 atom stereocenters. The van der Waals surface area contributed by atoms with Gasteiger partial charge in [0.1, 0.15) is 11.9 Å². The number of likely N-dealkylation sites (tertiary alicyclic amines) is 1. The van der Waals surface area contributed by atoms with Crippen LogP contribution in [0.15, 0.2) is 30.5 Å². The molecule has 38 heavy (non-hydrogen) atoms. The van der Waals surface area contributed by atoms with E-state index in [4.69, 9.17) is 19.4 Å². The summed E-state index contributed by atoms with van der Waals surface area (Å²) in [6.07, 6.45) is 9.63. The van der Waals surface area contributed by atoms with E-state index in [9.17, 15) is 9.90 Å². The van der Waals surface area contributed by atoms with Crippen molar-refractivity contribution in [2.75, 3.05) is 38.2 Å². The Labute approximate surface area is 226 Å². The number of aryl methyl sites for hydroxylation is 2. The maximum absolute atomic E-state index is 12.5. The molecule has 3 aliphatic rings. The summed E-state index contributed by atoms with van der Waals surface area (Å²) in [7, 11) is 0. The lowest BCUT2D eigenvalue weighted by atomic mass is 9.83. The summed E-state index contributed by atoms with van der Waals surface area (Å²) in [5.74, 6) is 0.437. The molecule has 2 aromatic heterocycles. The lowest BCUT2D eigenvalue weighted by Crippen LogP contribution is -2.36. The number of anilines is 1. The first-order valence-electron chi connectivity index (χ1n) is 14.3. The predicted octanol–water partition coefficient (Wildman–Crippen LogP) is 4.75. The number of hydrogen-bond acceptors (Lipinski definition) is 7. The van der Waals surface area contributed by atoms with Gasteiger partial charge in [0.2, 0.25) is 0 Å². The Hall–Kier alpha value is -2.55. The molecule has 8 heteroatoms. The molecule has 2 aromatic rings. The van der Waals surface area contributed by atoms with Gasteiger partial charge in [-0.3, -0.25) is 14.7 Å². The molecule has 2 saturated heterocycles. The third-order valence-electron chi connectivity index (χ3n) is 8.16. The van der Waals surface area contributed by atoms with E-state index in [-0.39, 0.29) is 17.6 Å². The third-order valence-corrected chi connectivity index (χ3v) is 8.16. The number of aliphatic carboxylic acids is 1. The van der Waals surface area contributed by atoms with Crippen molar-refractivity contribution < 1.29 is 19.4 Å². The first kappa shape index (κ1) is 27.0. The van der Waals surface area contributed by atoms with Gasteiger partial charge in [0.25, 0.3) is 0 Å². The van der Waals surface area contributed by atoms with Gasteiger partial charge in [-0.25, -0.2) is 4.98 Å². The Kier molecular flexibility index (Phi) is 8.61. The molecule has 0 bridgehead atoms. The minimum atomic E-state index is -0.821. The summed E-state index contributed by atoms with van der Waals surface area (Å²) in [6.45, 7) is 7.90. The van der Waals surface area contributed by atoms with Gasteiger partial charge < -0.3 is 19.9 Å². The van der Waals surface area contributed by atoms with Crippen LogP contribution in [0.2, 0.25) is 0 Å². The van der Waals surface area contributed by atoms with Gasteiger partial charge in [-0.2, -0.15) is 0 Å². The zero-order valence-corrected chi connectivity index (χ0v) is 22.8. The summed E-state index contributed by atoms with van der Waals surface area (Å²) in [4.78, 5) is 24.1. The van der Waals surface area contributed by atoms with E-state index < -0.39 is 12.0 Å². The van der Waals surface area contributed by atoms with Crippen molar-refractivity contribution in [3.8, 4) is 0 Å². The number of fused-ring (bicyclic) bond motifs is 1.